The molecule has 126 valence electrons. The molecule has 1 aromatic rings. The minimum absolute atomic E-state index is 0.0381. The van der Waals surface area contributed by atoms with Crippen LogP contribution in [0.4, 0.5) is 0 Å². The van der Waals surface area contributed by atoms with Crippen LogP contribution in [-0.2, 0) is 9.53 Å². The minimum atomic E-state index is -0.0381. The monoisotopic (exact) mass is 336 g/mol. The fourth-order valence-electron chi connectivity index (χ4n) is 3.41. The van der Waals surface area contributed by atoms with Gasteiger partial charge in [-0.25, -0.2) is 0 Å². The molecule has 2 aliphatic rings. The molecule has 0 radical (unpaired) electrons. The van der Waals surface area contributed by atoms with E-state index < -0.39 is 0 Å². The van der Waals surface area contributed by atoms with Crippen molar-refractivity contribution in [3.8, 4) is 0 Å². The van der Waals surface area contributed by atoms with Gasteiger partial charge in [-0.1, -0.05) is 23.7 Å². The molecule has 3 rings (SSSR count). The van der Waals surface area contributed by atoms with E-state index in [0.29, 0.717) is 32.0 Å². The third kappa shape index (κ3) is 4.69. The van der Waals surface area contributed by atoms with E-state index in [1.165, 1.54) is 12.8 Å². The lowest BCUT2D eigenvalue weighted by Gasteiger charge is -2.33. The van der Waals surface area contributed by atoms with Gasteiger partial charge in [-0.3, -0.25) is 4.79 Å². The van der Waals surface area contributed by atoms with Gasteiger partial charge in [0.05, 0.1) is 13.2 Å². The number of carbonyl (C=O) groups is 1. The van der Waals surface area contributed by atoms with E-state index in [2.05, 4.69) is 5.32 Å². The number of amides is 1. The number of benzene rings is 1. The second kappa shape index (κ2) is 8.13. The van der Waals surface area contributed by atoms with Crippen LogP contribution >= 0.6 is 11.6 Å². The van der Waals surface area contributed by atoms with Gasteiger partial charge in [0, 0.05) is 18.0 Å². The highest BCUT2D eigenvalue weighted by atomic mass is 35.5. The van der Waals surface area contributed by atoms with E-state index in [4.69, 9.17) is 16.3 Å². The Morgan fingerprint density at radius 3 is 2.74 bits per heavy atom. The molecule has 2 aliphatic heterocycles. The number of halogens is 1. The van der Waals surface area contributed by atoms with Crippen molar-refractivity contribution in [3.05, 3.63) is 34.9 Å². The van der Waals surface area contributed by atoms with Gasteiger partial charge in [-0.2, -0.15) is 0 Å². The van der Waals surface area contributed by atoms with Gasteiger partial charge in [0.2, 0.25) is 5.91 Å². The SMILES string of the molecule is O=C(CCC1CCNCC1)N1CCOC(c2ccc(Cl)cc2)C1. The van der Waals surface area contributed by atoms with Crippen LogP contribution in [0.1, 0.15) is 37.4 Å². The lowest BCUT2D eigenvalue weighted by Crippen LogP contribution is -2.42. The van der Waals surface area contributed by atoms with Crippen molar-refractivity contribution in [2.24, 2.45) is 5.92 Å². The second-order valence-electron chi connectivity index (χ2n) is 6.48. The molecule has 23 heavy (non-hydrogen) atoms. The highest BCUT2D eigenvalue weighted by Crippen LogP contribution is 2.25. The summed E-state index contributed by atoms with van der Waals surface area (Å²) in [7, 11) is 0. The molecule has 4 nitrogen and oxygen atoms in total. The van der Waals surface area contributed by atoms with E-state index in [1.807, 2.05) is 29.2 Å². The number of nitrogens with one attached hydrogen (secondary N) is 1. The van der Waals surface area contributed by atoms with Gasteiger partial charge < -0.3 is 15.0 Å². The smallest absolute Gasteiger partial charge is 0.222 e. The summed E-state index contributed by atoms with van der Waals surface area (Å²) in [6.07, 6.45) is 4.04. The Kier molecular flexibility index (Phi) is 5.92. The van der Waals surface area contributed by atoms with Gasteiger partial charge in [-0.15, -0.1) is 0 Å². The Labute approximate surface area is 143 Å². The fraction of sp³-hybridized carbons (Fsp3) is 0.611. The highest BCUT2D eigenvalue weighted by Gasteiger charge is 2.26. The number of piperidine rings is 1. The minimum Gasteiger partial charge on any atom is -0.370 e. The molecule has 0 aliphatic carbocycles. The zero-order valence-electron chi connectivity index (χ0n) is 13.5. The van der Waals surface area contributed by atoms with Crippen LogP contribution in [0.25, 0.3) is 0 Å². The highest BCUT2D eigenvalue weighted by molar-refractivity contribution is 6.30. The number of morpholine rings is 1. The molecule has 1 aromatic carbocycles. The van der Waals surface area contributed by atoms with Crippen LogP contribution in [0, 0.1) is 5.92 Å². The first-order valence-corrected chi connectivity index (χ1v) is 8.96. The van der Waals surface area contributed by atoms with Crippen LogP contribution < -0.4 is 5.32 Å². The molecule has 5 heteroatoms. The number of rotatable bonds is 4. The van der Waals surface area contributed by atoms with Crippen LogP contribution in [0.5, 0.6) is 0 Å². The predicted octanol–water partition coefficient (Wildman–Crippen LogP) is 3.02. The summed E-state index contributed by atoms with van der Waals surface area (Å²) in [5, 5.41) is 4.09. The van der Waals surface area contributed by atoms with Crippen LogP contribution in [0.3, 0.4) is 0 Å². The average Bonchev–Trinajstić information content (AvgIpc) is 2.61. The van der Waals surface area contributed by atoms with Crippen molar-refractivity contribution in [2.45, 2.75) is 31.8 Å². The summed E-state index contributed by atoms with van der Waals surface area (Å²) in [4.78, 5) is 14.5. The number of nitrogens with zero attached hydrogens (tertiary/aromatic N) is 1. The lowest BCUT2D eigenvalue weighted by molar-refractivity contribution is -0.139. The van der Waals surface area contributed by atoms with Crippen molar-refractivity contribution in [2.75, 3.05) is 32.8 Å². The summed E-state index contributed by atoms with van der Waals surface area (Å²) >= 11 is 5.93. The summed E-state index contributed by atoms with van der Waals surface area (Å²) < 4.78 is 5.83. The van der Waals surface area contributed by atoms with E-state index in [9.17, 15) is 4.79 Å². The maximum atomic E-state index is 12.5. The van der Waals surface area contributed by atoms with E-state index in [-0.39, 0.29) is 12.0 Å². The van der Waals surface area contributed by atoms with Crippen molar-refractivity contribution in [3.63, 3.8) is 0 Å². The van der Waals surface area contributed by atoms with E-state index in [0.717, 1.165) is 30.1 Å². The molecule has 1 atom stereocenters. The Hall–Kier alpha value is -1.10. The van der Waals surface area contributed by atoms with Crippen LogP contribution in [0.2, 0.25) is 5.02 Å². The van der Waals surface area contributed by atoms with Gasteiger partial charge >= 0.3 is 0 Å². The Morgan fingerprint density at radius 2 is 2.00 bits per heavy atom. The Morgan fingerprint density at radius 1 is 1.26 bits per heavy atom. The molecular formula is C18H25ClN2O2. The molecule has 0 saturated carbocycles. The third-order valence-electron chi connectivity index (χ3n) is 4.89. The normalized spacial score (nSPS) is 23.0. The topological polar surface area (TPSA) is 41.6 Å². The lowest BCUT2D eigenvalue weighted by atomic mass is 9.93. The van der Waals surface area contributed by atoms with Gasteiger partial charge in [0.15, 0.2) is 0 Å². The molecule has 0 bridgehead atoms. The molecule has 1 N–H and O–H groups in total. The van der Waals surface area contributed by atoms with Crippen LogP contribution in [-0.4, -0.2) is 43.6 Å². The zero-order valence-corrected chi connectivity index (χ0v) is 14.2. The number of carbonyl (C=O) groups excluding carboxylic acids is 1. The standard InChI is InChI=1S/C18H25ClN2O2/c19-16-4-2-15(3-5-16)17-13-21(11-12-23-17)18(22)6-1-14-7-9-20-10-8-14/h2-5,14,17,20H,1,6-13H2. The van der Waals surface area contributed by atoms with E-state index in [1.54, 1.807) is 0 Å². The van der Waals surface area contributed by atoms with E-state index >= 15 is 0 Å². The zero-order chi connectivity index (χ0) is 16.1. The second-order valence-corrected chi connectivity index (χ2v) is 6.92. The van der Waals surface area contributed by atoms with Gasteiger partial charge in [-0.05, 0) is 56.0 Å². The Balaban J connectivity index is 1.51. The quantitative estimate of drug-likeness (QED) is 0.919. The molecular weight excluding hydrogens is 312 g/mol. The van der Waals surface area contributed by atoms with Crippen molar-refractivity contribution in [1.29, 1.82) is 0 Å². The average molecular weight is 337 g/mol. The number of ether oxygens (including phenoxy) is 1. The molecule has 0 aromatic heterocycles. The maximum Gasteiger partial charge on any atom is 0.222 e. The van der Waals surface area contributed by atoms with Crippen molar-refractivity contribution in [1.82, 2.24) is 10.2 Å². The van der Waals surface area contributed by atoms with Crippen LogP contribution in [0.15, 0.2) is 24.3 Å². The molecule has 2 heterocycles. The van der Waals surface area contributed by atoms with Crippen molar-refractivity contribution < 1.29 is 9.53 Å². The third-order valence-corrected chi connectivity index (χ3v) is 5.14. The molecule has 2 fully saturated rings. The van der Waals surface area contributed by atoms with Gasteiger partial charge in [0.25, 0.3) is 0 Å². The maximum absolute atomic E-state index is 12.5. The first kappa shape index (κ1) is 16.7. The molecule has 1 amide bonds. The molecule has 0 spiro atoms. The number of hydrogen-bond donors (Lipinski definition) is 1. The fourth-order valence-corrected chi connectivity index (χ4v) is 3.54. The summed E-state index contributed by atoms with van der Waals surface area (Å²) in [6.45, 7) is 4.14. The Bertz CT molecular complexity index is 514. The number of hydrogen-bond acceptors (Lipinski definition) is 3. The summed E-state index contributed by atoms with van der Waals surface area (Å²) in [6, 6.07) is 7.71. The predicted molar refractivity (Wildman–Crippen MR) is 91.6 cm³/mol. The molecule has 1 unspecified atom stereocenters. The first-order valence-electron chi connectivity index (χ1n) is 8.58. The molecule has 2 saturated heterocycles. The summed E-state index contributed by atoms with van der Waals surface area (Å²) in [5.41, 5.74) is 1.09. The summed E-state index contributed by atoms with van der Waals surface area (Å²) in [5.74, 6) is 0.971. The van der Waals surface area contributed by atoms with Gasteiger partial charge in [0.1, 0.15) is 6.10 Å². The largest absolute Gasteiger partial charge is 0.370 e. The first-order chi connectivity index (χ1) is 11.2. The van der Waals surface area contributed by atoms with Crippen molar-refractivity contribution >= 4 is 17.5 Å².